The van der Waals surface area contributed by atoms with E-state index in [0.29, 0.717) is 17.1 Å². The molecule has 25 heavy (non-hydrogen) atoms. The van der Waals surface area contributed by atoms with Gasteiger partial charge in [0, 0.05) is 12.7 Å². The van der Waals surface area contributed by atoms with Crippen molar-refractivity contribution in [3.63, 3.8) is 0 Å². The maximum atomic E-state index is 12.3. The zero-order valence-corrected chi connectivity index (χ0v) is 15.5. The molecule has 2 aromatic carbocycles. The van der Waals surface area contributed by atoms with Crippen LogP contribution in [0.2, 0.25) is 0 Å². The second kappa shape index (κ2) is 7.57. The molecule has 7 heteroatoms. The summed E-state index contributed by atoms with van der Waals surface area (Å²) >= 11 is 0. The fraction of sp³-hybridized carbons (Fsp3) is 0.278. The summed E-state index contributed by atoms with van der Waals surface area (Å²) in [6.07, 6.45) is 0.425. The Labute approximate surface area is 148 Å². The molecule has 0 fully saturated rings. The van der Waals surface area contributed by atoms with Crippen LogP contribution in [0.15, 0.2) is 48.5 Å². The molecule has 0 bridgehead atoms. The SMILES string of the molecule is Cc1ccccc1O[C@@H](C)C(=O)Nc1cccc(N(C)S(C)(=O)=O)c1. The smallest absolute Gasteiger partial charge is 0.265 e. The van der Waals surface area contributed by atoms with Crippen molar-refractivity contribution in [3.8, 4) is 5.75 Å². The van der Waals surface area contributed by atoms with E-state index in [1.807, 2.05) is 25.1 Å². The number of para-hydroxylation sites is 1. The Morgan fingerprint density at radius 2 is 1.84 bits per heavy atom. The molecule has 0 aliphatic rings. The first kappa shape index (κ1) is 18.8. The average molecular weight is 362 g/mol. The summed E-state index contributed by atoms with van der Waals surface area (Å²) in [5, 5.41) is 2.74. The van der Waals surface area contributed by atoms with Crippen molar-refractivity contribution in [2.45, 2.75) is 20.0 Å². The molecule has 0 aliphatic carbocycles. The van der Waals surface area contributed by atoms with Crippen LogP contribution >= 0.6 is 0 Å². The number of nitrogens with zero attached hydrogens (tertiary/aromatic N) is 1. The average Bonchev–Trinajstić information content (AvgIpc) is 2.55. The van der Waals surface area contributed by atoms with Crippen LogP contribution in [-0.4, -0.2) is 33.7 Å². The van der Waals surface area contributed by atoms with Gasteiger partial charge in [-0.2, -0.15) is 0 Å². The predicted octanol–water partition coefficient (Wildman–Crippen LogP) is 2.80. The molecule has 0 heterocycles. The van der Waals surface area contributed by atoms with Crippen molar-refractivity contribution in [2.24, 2.45) is 0 Å². The van der Waals surface area contributed by atoms with Gasteiger partial charge in [-0.15, -0.1) is 0 Å². The minimum absolute atomic E-state index is 0.317. The Morgan fingerprint density at radius 3 is 2.48 bits per heavy atom. The van der Waals surface area contributed by atoms with Crippen LogP contribution < -0.4 is 14.4 Å². The molecule has 0 aromatic heterocycles. The van der Waals surface area contributed by atoms with Crippen LogP contribution in [0.25, 0.3) is 0 Å². The van der Waals surface area contributed by atoms with Gasteiger partial charge in [-0.25, -0.2) is 8.42 Å². The Hall–Kier alpha value is -2.54. The molecule has 0 saturated carbocycles. The third kappa shape index (κ3) is 4.96. The van der Waals surface area contributed by atoms with E-state index in [4.69, 9.17) is 4.74 Å². The zero-order valence-electron chi connectivity index (χ0n) is 14.7. The summed E-state index contributed by atoms with van der Waals surface area (Å²) in [5.74, 6) is 0.332. The molecule has 0 saturated heterocycles. The third-order valence-corrected chi connectivity index (χ3v) is 4.95. The maximum absolute atomic E-state index is 12.3. The number of nitrogens with one attached hydrogen (secondary N) is 1. The third-order valence-electron chi connectivity index (χ3n) is 3.74. The predicted molar refractivity (Wildman–Crippen MR) is 99.6 cm³/mol. The second-order valence-corrected chi connectivity index (χ2v) is 7.81. The van der Waals surface area contributed by atoms with Gasteiger partial charge in [0.15, 0.2) is 6.10 Å². The number of carbonyl (C=O) groups is 1. The molecule has 134 valence electrons. The standard InChI is InChI=1S/C18H22N2O4S/c1-13-8-5-6-11-17(13)24-14(2)18(21)19-15-9-7-10-16(12-15)20(3)25(4,22)23/h5-12,14H,1-4H3,(H,19,21)/t14-/m0/s1. The molecule has 1 N–H and O–H groups in total. The van der Waals surface area contributed by atoms with E-state index in [-0.39, 0.29) is 5.91 Å². The lowest BCUT2D eigenvalue weighted by Gasteiger charge is -2.19. The van der Waals surface area contributed by atoms with Crippen molar-refractivity contribution in [3.05, 3.63) is 54.1 Å². The van der Waals surface area contributed by atoms with Crippen molar-refractivity contribution >= 4 is 27.3 Å². The monoisotopic (exact) mass is 362 g/mol. The van der Waals surface area contributed by atoms with Gasteiger partial charge in [-0.1, -0.05) is 24.3 Å². The Morgan fingerprint density at radius 1 is 1.16 bits per heavy atom. The molecule has 0 aliphatic heterocycles. The van der Waals surface area contributed by atoms with Crippen molar-refractivity contribution in [1.82, 2.24) is 0 Å². The molecule has 0 radical (unpaired) electrons. The molecule has 0 unspecified atom stereocenters. The number of sulfonamides is 1. The van der Waals surface area contributed by atoms with Gasteiger partial charge >= 0.3 is 0 Å². The summed E-state index contributed by atoms with van der Waals surface area (Å²) < 4.78 is 30.1. The number of hydrogen-bond donors (Lipinski definition) is 1. The number of ether oxygens (including phenoxy) is 1. The van der Waals surface area contributed by atoms with E-state index in [1.165, 1.54) is 7.05 Å². The van der Waals surface area contributed by atoms with Crippen LogP contribution in [-0.2, 0) is 14.8 Å². The quantitative estimate of drug-likeness (QED) is 0.857. The van der Waals surface area contributed by atoms with Crippen molar-refractivity contribution < 1.29 is 17.9 Å². The molecule has 6 nitrogen and oxygen atoms in total. The second-order valence-electron chi connectivity index (χ2n) is 5.80. The summed E-state index contributed by atoms with van der Waals surface area (Å²) in [4.78, 5) is 12.3. The zero-order chi connectivity index (χ0) is 18.6. The van der Waals surface area contributed by atoms with E-state index >= 15 is 0 Å². The van der Waals surface area contributed by atoms with Gasteiger partial charge in [0.25, 0.3) is 5.91 Å². The number of carbonyl (C=O) groups excluding carboxylic acids is 1. The Kier molecular flexibility index (Phi) is 5.69. The van der Waals surface area contributed by atoms with Crippen molar-refractivity contribution in [1.29, 1.82) is 0 Å². The Bertz CT molecular complexity index is 865. The number of hydrogen-bond acceptors (Lipinski definition) is 4. The number of amides is 1. The van der Waals surface area contributed by atoms with Gasteiger partial charge in [-0.3, -0.25) is 9.10 Å². The fourth-order valence-electron chi connectivity index (χ4n) is 2.15. The normalized spacial score (nSPS) is 12.3. The summed E-state index contributed by atoms with van der Waals surface area (Å²) in [5.41, 5.74) is 1.91. The first-order valence-corrected chi connectivity index (χ1v) is 9.60. The minimum Gasteiger partial charge on any atom is -0.481 e. The van der Waals surface area contributed by atoms with Crippen LogP contribution in [0.1, 0.15) is 12.5 Å². The Balaban J connectivity index is 2.09. The van der Waals surface area contributed by atoms with E-state index < -0.39 is 16.1 Å². The molecular formula is C18H22N2O4S. The molecular weight excluding hydrogens is 340 g/mol. The lowest BCUT2D eigenvalue weighted by Crippen LogP contribution is -2.30. The molecule has 0 spiro atoms. The lowest BCUT2D eigenvalue weighted by molar-refractivity contribution is -0.122. The van der Waals surface area contributed by atoms with Gasteiger partial charge in [0.1, 0.15) is 5.75 Å². The number of rotatable bonds is 6. The highest BCUT2D eigenvalue weighted by Gasteiger charge is 2.17. The van der Waals surface area contributed by atoms with Crippen LogP contribution in [0.4, 0.5) is 11.4 Å². The number of anilines is 2. The van der Waals surface area contributed by atoms with Gasteiger partial charge < -0.3 is 10.1 Å². The first-order chi connectivity index (χ1) is 11.7. The fourth-order valence-corrected chi connectivity index (χ4v) is 2.64. The van der Waals surface area contributed by atoms with Crippen LogP contribution in [0.3, 0.4) is 0 Å². The van der Waals surface area contributed by atoms with E-state index in [0.717, 1.165) is 16.1 Å². The highest BCUT2D eigenvalue weighted by Crippen LogP contribution is 2.21. The summed E-state index contributed by atoms with van der Waals surface area (Å²) in [7, 11) is -1.91. The van der Waals surface area contributed by atoms with E-state index in [2.05, 4.69) is 5.32 Å². The number of benzene rings is 2. The van der Waals surface area contributed by atoms with E-state index in [1.54, 1.807) is 37.3 Å². The largest absolute Gasteiger partial charge is 0.481 e. The minimum atomic E-state index is -3.37. The van der Waals surface area contributed by atoms with Gasteiger partial charge in [0.2, 0.25) is 10.0 Å². The molecule has 2 aromatic rings. The van der Waals surface area contributed by atoms with Crippen LogP contribution in [0.5, 0.6) is 5.75 Å². The van der Waals surface area contributed by atoms with Crippen LogP contribution in [0, 0.1) is 6.92 Å². The van der Waals surface area contributed by atoms with Gasteiger partial charge in [0.05, 0.1) is 11.9 Å². The summed E-state index contributed by atoms with van der Waals surface area (Å²) in [6.45, 7) is 3.57. The summed E-state index contributed by atoms with van der Waals surface area (Å²) in [6, 6.07) is 14.1. The molecule has 1 amide bonds. The van der Waals surface area contributed by atoms with Crippen molar-refractivity contribution in [2.75, 3.05) is 22.9 Å². The number of aryl methyl sites for hydroxylation is 1. The first-order valence-electron chi connectivity index (χ1n) is 7.75. The highest BCUT2D eigenvalue weighted by atomic mass is 32.2. The molecule has 1 atom stereocenters. The topological polar surface area (TPSA) is 75.7 Å². The maximum Gasteiger partial charge on any atom is 0.265 e. The lowest BCUT2D eigenvalue weighted by atomic mass is 10.2. The molecule has 2 rings (SSSR count). The van der Waals surface area contributed by atoms with E-state index in [9.17, 15) is 13.2 Å². The van der Waals surface area contributed by atoms with Gasteiger partial charge in [-0.05, 0) is 43.7 Å². The highest BCUT2D eigenvalue weighted by molar-refractivity contribution is 7.92.